The van der Waals surface area contributed by atoms with E-state index in [2.05, 4.69) is 15.5 Å². The zero-order chi connectivity index (χ0) is 14.9. The van der Waals surface area contributed by atoms with Gasteiger partial charge in [-0.15, -0.1) is 0 Å². The standard InChI is InChI=1S/C15H15N3O3/c1-20-13-5-7-14(8-6-13)21-11-15(19)18-17-10-12-4-2-3-9-16-12/h2-10H,11H2,1H3,(H,18,19)/b17-10-. The number of nitrogens with zero attached hydrogens (tertiary/aromatic N) is 2. The van der Waals surface area contributed by atoms with Crippen LogP contribution in [-0.4, -0.2) is 30.8 Å². The molecule has 0 saturated carbocycles. The van der Waals surface area contributed by atoms with Gasteiger partial charge in [0, 0.05) is 6.20 Å². The first-order chi connectivity index (χ1) is 10.3. The summed E-state index contributed by atoms with van der Waals surface area (Å²) in [7, 11) is 1.59. The van der Waals surface area contributed by atoms with Crippen molar-refractivity contribution in [1.29, 1.82) is 0 Å². The van der Waals surface area contributed by atoms with Crippen LogP contribution < -0.4 is 14.9 Å². The first kappa shape index (κ1) is 14.5. The molecule has 0 bridgehead atoms. The van der Waals surface area contributed by atoms with Crippen molar-refractivity contribution in [2.24, 2.45) is 5.10 Å². The molecule has 6 nitrogen and oxygen atoms in total. The molecule has 21 heavy (non-hydrogen) atoms. The number of carbonyl (C=O) groups excluding carboxylic acids is 1. The van der Waals surface area contributed by atoms with Crippen LogP contribution in [0.1, 0.15) is 5.69 Å². The monoisotopic (exact) mass is 285 g/mol. The number of nitrogens with one attached hydrogen (secondary N) is 1. The molecule has 1 aromatic carbocycles. The molecule has 0 aliphatic heterocycles. The number of hydrazone groups is 1. The lowest BCUT2D eigenvalue weighted by Crippen LogP contribution is -2.24. The lowest BCUT2D eigenvalue weighted by molar-refractivity contribution is -0.123. The number of pyridine rings is 1. The maximum absolute atomic E-state index is 11.5. The highest BCUT2D eigenvalue weighted by Crippen LogP contribution is 2.16. The topological polar surface area (TPSA) is 72.8 Å². The van der Waals surface area contributed by atoms with Crippen LogP contribution in [0.5, 0.6) is 11.5 Å². The van der Waals surface area contributed by atoms with E-state index >= 15 is 0 Å². The second-order valence-electron chi connectivity index (χ2n) is 4.01. The van der Waals surface area contributed by atoms with Crippen LogP contribution in [0.3, 0.4) is 0 Å². The van der Waals surface area contributed by atoms with Crippen molar-refractivity contribution in [2.75, 3.05) is 13.7 Å². The van der Waals surface area contributed by atoms with Gasteiger partial charge in [-0.05, 0) is 36.4 Å². The second-order valence-corrected chi connectivity index (χ2v) is 4.01. The number of aromatic nitrogens is 1. The Kier molecular flexibility index (Phi) is 5.28. The molecule has 1 amide bonds. The molecule has 0 atom stereocenters. The highest BCUT2D eigenvalue weighted by molar-refractivity contribution is 5.81. The van der Waals surface area contributed by atoms with Gasteiger partial charge in [-0.3, -0.25) is 9.78 Å². The third-order valence-electron chi connectivity index (χ3n) is 2.50. The van der Waals surface area contributed by atoms with E-state index in [4.69, 9.17) is 9.47 Å². The van der Waals surface area contributed by atoms with Crippen molar-refractivity contribution < 1.29 is 14.3 Å². The molecular weight excluding hydrogens is 270 g/mol. The van der Waals surface area contributed by atoms with Crippen molar-refractivity contribution in [3.05, 3.63) is 54.4 Å². The summed E-state index contributed by atoms with van der Waals surface area (Å²) in [6.45, 7) is -0.119. The summed E-state index contributed by atoms with van der Waals surface area (Å²) in [4.78, 5) is 15.6. The van der Waals surface area contributed by atoms with Gasteiger partial charge in [0.2, 0.25) is 0 Å². The van der Waals surface area contributed by atoms with Crippen molar-refractivity contribution >= 4 is 12.1 Å². The molecule has 1 aromatic heterocycles. The predicted molar refractivity (Wildman–Crippen MR) is 78.5 cm³/mol. The minimum atomic E-state index is -0.349. The van der Waals surface area contributed by atoms with Crippen LogP contribution in [0.25, 0.3) is 0 Å². The Bertz CT molecular complexity index is 597. The fourth-order valence-corrected chi connectivity index (χ4v) is 1.48. The largest absolute Gasteiger partial charge is 0.497 e. The maximum Gasteiger partial charge on any atom is 0.277 e. The average Bonchev–Trinajstić information content (AvgIpc) is 2.54. The Morgan fingerprint density at radius 3 is 2.67 bits per heavy atom. The van der Waals surface area contributed by atoms with E-state index in [1.165, 1.54) is 6.21 Å². The van der Waals surface area contributed by atoms with Gasteiger partial charge in [-0.25, -0.2) is 5.43 Å². The molecule has 0 saturated heterocycles. The Balaban J connectivity index is 1.75. The molecular formula is C15H15N3O3. The third-order valence-corrected chi connectivity index (χ3v) is 2.50. The number of benzene rings is 1. The predicted octanol–water partition coefficient (Wildman–Crippen LogP) is 1.62. The van der Waals surface area contributed by atoms with Crippen molar-refractivity contribution in [2.45, 2.75) is 0 Å². The summed E-state index contributed by atoms with van der Waals surface area (Å²) in [5.74, 6) is 0.962. The Morgan fingerprint density at radius 2 is 2.00 bits per heavy atom. The molecule has 0 fully saturated rings. The van der Waals surface area contributed by atoms with Gasteiger partial charge in [0.1, 0.15) is 11.5 Å². The van der Waals surface area contributed by atoms with E-state index in [-0.39, 0.29) is 12.5 Å². The summed E-state index contributed by atoms with van der Waals surface area (Å²) in [5.41, 5.74) is 3.03. The number of amides is 1. The normalized spacial score (nSPS) is 10.3. The van der Waals surface area contributed by atoms with Gasteiger partial charge >= 0.3 is 0 Å². The lowest BCUT2D eigenvalue weighted by Gasteiger charge is -2.05. The van der Waals surface area contributed by atoms with Crippen molar-refractivity contribution in [3.8, 4) is 11.5 Å². The van der Waals surface area contributed by atoms with Gasteiger partial charge in [-0.2, -0.15) is 5.10 Å². The van der Waals surface area contributed by atoms with Crippen LogP contribution >= 0.6 is 0 Å². The number of carbonyl (C=O) groups is 1. The molecule has 6 heteroatoms. The number of rotatable bonds is 6. The zero-order valence-electron chi connectivity index (χ0n) is 11.5. The highest BCUT2D eigenvalue weighted by Gasteiger charge is 2.01. The van der Waals surface area contributed by atoms with E-state index in [1.807, 2.05) is 6.07 Å². The van der Waals surface area contributed by atoms with Gasteiger partial charge < -0.3 is 9.47 Å². The molecule has 1 N–H and O–H groups in total. The van der Waals surface area contributed by atoms with Crippen LogP contribution in [0.2, 0.25) is 0 Å². The second kappa shape index (κ2) is 7.64. The minimum Gasteiger partial charge on any atom is -0.497 e. The van der Waals surface area contributed by atoms with E-state index in [9.17, 15) is 4.79 Å². The van der Waals surface area contributed by atoms with Crippen LogP contribution in [-0.2, 0) is 4.79 Å². The fourth-order valence-electron chi connectivity index (χ4n) is 1.48. The summed E-state index contributed by atoms with van der Waals surface area (Å²) in [6.07, 6.45) is 3.11. The molecule has 108 valence electrons. The van der Waals surface area contributed by atoms with E-state index in [0.717, 1.165) is 5.75 Å². The minimum absolute atomic E-state index is 0.119. The zero-order valence-corrected chi connectivity index (χ0v) is 11.5. The number of hydrogen-bond acceptors (Lipinski definition) is 5. The van der Waals surface area contributed by atoms with Crippen LogP contribution in [0, 0.1) is 0 Å². The van der Waals surface area contributed by atoms with Gasteiger partial charge in [0.05, 0.1) is 19.0 Å². The third kappa shape index (κ3) is 4.94. The highest BCUT2D eigenvalue weighted by atomic mass is 16.5. The summed E-state index contributed by atoms with van der Waals surface area (Å²) >= 11 is 0. The van der Waals surface area contributed by atoms with E-state index in [0.29, 0.717) is 11.4 Å². The van der Waals surface area contributed by atoms with E-state index < -0.39 is 0 Å². The summed E-state index contributed by atoms with van der Waals surface area (Å²) in [6, 6.07) is 12.4. The molecule has 0 spiro atoms. The summed E-state index contributed by atoms with van der Waals surface area (Å²) in [5, 5.41) is 3.79. The molecule has 0 aliphatic carbocycles. The van der Waals surface area contributed by atoms with E-state index in [1.54, 1.807) is 49.7 Å². The number of methoxy groups -OCH3 is 1. The number of hydrogen-bond donors (Lipinski definition) is 1. The van der Waals surface area contributed by atoms with Gasteiger partial charge in [0.25, 0.3) is 5.91 Å². The lowest BCUT2D eigenvalue weighted by atomic mass is 10.3. The maximum atomic E-state index is 11.5. The molecule has 2 rings (SSSR count). The molecule has 0 unspecified atom stereocenters. The molecule has 2 aromatic rings. The Labute approximate surface area is 122 Å². The summed E-state index contributed by atoms with van der Waals surface area (Å²) < 4.78 is 10.3. The fraction of sp³-hybridized carbons (Fsp3) is 0.133. The average molecular weight is 285 g/mol. The first-order valence-electron chi connectivity index (χ1n) is 6.28. The molecule has 1 heterocycles. The number of ether oxygens (including phenoxy) is 2. The first-order valence-corrected chi connectivity index (χ1v) is 6.28. The molecule has 0 radical (unpaired) electrons. The smallest absolute Gasteiger partial charge is 0.277 e. The van der Waals surface area contributed by atoms with Gasteiger partial charge in [-0.1, -0.05) is 6.07 Å². The molecule has 0 aliphatic rings. The SMILES string of the molecule is COc1ccc(OCC(=O)N/N=C\c2ccccn2)cc1. The van der Waals surface area contributed by atoms with Crippen molar-refractivity contribution in [3.63, 3.8) is 0 Å². The quantitative estimate of drug-likeness (QED) is 0.646. The Hall–Kier alpha value is -2.89. The van der Waals surface area contributed by atoms with Crippen LogP contribution in [0.4, 0.5) is 0 Å². The van der Waals surface area contributed by atoms with Crippen molar-refractivity contribution in [1.82, 2.24) is 10.4 Å². The Morgan fingerprint density at radius 1 is 1.24 bits per heavy atom. The van der Waals surface area contributed by atoms with Gasteiger partial charge in [0.15, 0.2) is 6.61 Å². The van der Waals surface area contributed by atoms with Crippen LogP contribution in [0.15, 0.2) is 53.8 Å².